The first-order valence-electron chi connectivity index (χ1n) is 14.8. The Morgan fingerprint density at radius 2 is 0.550 bits per heavy atom. The molecule has 0 fully saturated rings. The Morgan fingerprint density at radius 1 is 0.325 bits per heavy atom. The van der Waals surface area contributed by atoms with Crippen LogP contribution in [0.25, 0.3) is 0 Å². The average molecular weight is 575 g/mol. The van der Waals surface area contributed by atoms with Crippen LogP contribution in [0.2, 0.25) is 0 Å². The molecular formula is C30H54O10. The molecule has 10 nitrogen and oxygen atoms in total. The second-order valence-corrected chi connectivity index (χ2v) is 8.77. The van der Waals surface area contributed by atoms with Gasteiger partial charge in [-0.25, -0.2) is 0 Å². The maximum atomic E-state index is 5.69. The highest BCUT2D eigenvalue weighted by atomic mass is 16.6. The molecule has 0 unspecified atom stereocenters. The summed E-state index contributed by atoms with van der Waals surface area (Å²) in [6.07, 6.45) is 4.49. The monoisotopic (exact) mass is 574 g/mol. The summed E-state index contributed by atoms with van der Waals surface area (Å²) in [5.74, 6) is 1.54. The minimum atomic E-state index is 0.469. The number of hydrogen-bond donors (Lipinski definition) is 0. The zero-order chi connectivity index (χ0) is 28.6. The lowest BCUT2D eigenvalue weighted by Crippen LogP contribution is -2.14. The van der Waals surface area contributed by atoms with Crippen LogP contribution in [0.5, 0.6) is 11.5 Å². The molecule has 1 aromatic carbocycles. The maximum Gasteiger partial charge on any atom is 0.119 e. The van der Waals surface area contributed by atoms with Crippen LogP contribution >= 0.6 is 0 Å². The van der Waals surface area contributed by atoms with Crippen molar-refractivity contribution in [3.05, 3.63) is 24.3 Å². The Labute approximate surface area is 241 Å². The SMILES string of the molecule is CCCCOCCOCCOCCOCCOc1ccc(OCCOCCOCCOCCOCCCC)cc1. The average Bonchev–Trinajstić information content (AvgIpc) is 2.98. The molecule has 1 aromatic rings. The summed E-state index contributed by atoms with van der Waals surface area (Å²) in [7, 11) is 0. The van der Waals surface area contributed by atoms with Gasteiger partial charge in [0.15, 0.2) is 0 Å². The molecule has 0 atom stereocenters. The Hall–Kier alpha value is -1.50. The summed E-state index contributed by atoms with van der Waals surface area (Å²) in [4.78, 5) is 0. The van der Waals surface area contributed by atoms with E-state index in [0.717, 1.165) is 50.4 Å². The fraction of sp³-hybridized carbons (Fsp3) is 0.800. The molecular weight excluding hydrogens is 520 g/mol. The van der Waals surface area contributed by atoms with Crippen molar-refractivity contribution < 1.29 is 47.4 Å². The van der Waals surface area contributed by atoms with Gasteiger partial charge >= 0.3 is 0 Å². The molecule has 0 aliphatic carbocycles. The van der Waals surface area contributed by atoms with Gasteiger partial charge in [0.05, 0.1) is 92.5 Å². The molecule has 0 radical (unpaired) electrons. The normalized spacial score (nSPS) is 11.2. The number of benzene rings is 1. The zero-order valence-corrected chi connectivity index (χ0v) is 24.9. The topological polar surface area (TPSA) is 92.3 Å². The third-order valence-corrected chi connectivity index (χ3v) is 5.33. The highest BCUT2D eigenvalue weighted by Crippen LogP contribution is 2.17. The van der Waals surface area contributed by atoms with E-state index in [1.54, 1.807) is 0 Å². The number of unbranched alkanes of at least 4 members (excludes halogenated alkanes) is 2. The lowest BCUT2D eigenvalue weighted by Gasteiger charge is -2.10. The predicted molar refractivity (Wildman–Crippen MR) is 154 cm³/mol. The molecule has 0 amide bonds. The summed E-state index contributed by atoms with van der Waals surface area (Å²) in [5.41, 5.74) is 0. The van der Waals surface area contributed by atoms with Gasteiger partial charge in [-0.2, -0.15) is 0 Å². The lowest BCUT2D eigenvalue weighted by atomic mass is 10.3. The van der Waals surface area contributed by atoms with Gasteiger partial charge in [-0.05, 0) is 37.1 Å². The summed E-state index contributed by atoms with van der Waals surface area (Å²) < 4.78 is 55.2. The number of ether oxygens (including phenoxy) is 10. The van der Waals surface area contributed by atoms with Crippen molar-refractivity contribution in [2.45, 2.75) is 39.5 Å². The molecule has 1 rings (SSSR count). The first-order chi connectivity index (χ1) is 19.9. The van der Waals surface area contributed by atoms with Crippen LogP contribution < -0.4 is 9.47 Å². The van der Waals surface area contributed by atoms with E-state index in [1.807, 2.05) is 24.3 Å². The van der Waals surface area contributed by atoms with Crippen molar-refractivity contribution in [2.75, 3.05) is 119 Å². The van der Waals surface area contributed by atoms with E-state index in [-0.39, 0.29) is 0 Å². The van der Waals surface area contributed by atoms with Gasteiger partial charge < -0.3 is 47.4 Å². The van der Waals surface area contributed by atoms with E-state index in [1.165, 1.54) is 0 Å². The minimum Gasteiger partial charge on any atom is -0.491 e. The fourth-order valence-corrected chi connectivity index (χ4v) is 3.09. The second-order valence-electron chi connectivity index (χ2n) is 8.77. The van der Waals surface area contributed by atoms with Gasteiger partial charge in [0, 0.05) is 13.2 Å². The molecule has 0 aliphatic rings. The molecule has 0 aliphatic heterocycles. The zero-order valence-electron chi connectivity index (χ0n) is 24.9. The summed E-state index contributed by atoms with van der Waals surface area (Å²) in [5, 5.41) is 0. The molecule has 234 valence electrons. The van der Waals surface area contributed by atoms with Crippen LogP contribution in [0.1, 0.15) is 39.5 Å². The van der Waals surface area contributed by atoms with Crippen molar-refractivity contribution in [3.8, 4) is 11.5 Å². The van der Waals surface area contributed by atoms with E-state index >= 15 is 0 Å². The van der Waals surface area contributed by atoms with Crippen LogP contribution in [-0.4, -0.2) is 119 Å². The smallest absolute Gasteiger partial charge is 0.119 e. The lowest BCUT2D eigenvalue weighted by molar-refractivity contribution is -0.00488. The van der Waals surface area contributed by atoms with Crippen molar-refractivity contribution in [3.63, 3.8) is 0 Å². The van der Waals surface area contributed by atoms with Crippen molar-refractivity contribution >= 4 is 0 Å². The van der Waals surface area contributed by atoms with Crippen LogP contribution in [0.15, 0.2) is 24.3 Å². The Morgan fingerprint density at radius 3 is 0.800 bits per heavy atom. The number of rotatable bonds is 32. The molecule has 0 saturated carbocycles. The van der Waals surface area contributed by atoms with E-state index < -0.39 is 0 Å². The fourth-order valence-electron chi connectivity index (χ4n) is 3.09. The van der Waals surface area contributed by atoms with Crippen LogP contribution in [-0.2, 0) is 37.9 Å². The maximum absolute atomic E-state index is 5.69. The molecule has 0 bridgehead atoms. The molecule has 10 heteroatoms. The van der Waals surface area contributed by atoms with E-state index in [2.05, 4.69) is 13.8 Å². The van der Waals surface area contributed by atoms with Crippen molar-refractivity contribution in [2.24, 2.45) is 0 Å². The first kappa shape index (κ1) is 36.5. The predicted octanol–water partition coefficient (Wildman–Crippen LogP) is 4.18. The standard InChI is InChI=1S/C30H54O10/c1-3-5-11-31-13-15-33-17-19-35-21-23-37-25-27-39-29-7-9-30(10-8-29)40-28-26-38-24-22-36-20-18-34-16-14-32-12-6-4-2/h7-10H,3-6,11-28H2,1-2H3. The summed E-state index contributed by atoms with van der Waals surface area (Å²) in [6.45, 7) is 14.6. The highest BCUT2D eigenvalue weighted by molar-refractivity contribution is 5.31. The molecule has 0 saturated heterocycles. The minimum absolute atomic E-state index is 0.469. The Kier molecular flexibility index (Phi) is 27.8. The Bertz CT molecular complexity index is 564. The molecule has 0 heterocycles. The molecule has 0 N–H and O–H groups in total. The first-order valence-corrected chi connectivity index (χ1v) is 14.8. The van der Waals surface area contributed by atoms with Gasteiger partial charge in [0.2, 0.25) is 0 Å². The van der Waals surface area contributed by atoms with Gasteiger partial charge in [-0.15, -0.1) is 0 Å². The van der Waals surface area contributed by atoms with Gasteiger partial charge in [-0.1, -0.05) is 26.7 Å². The van der Waals surface area contributed by atoms with Gasteiger partial charge in [-0.3, -0.25) is 0 Å². The largest absolute Gasteiger partial charge is 0.491 e. The molecule has 40 heavy (non-hydrogen) atoms. The van der Waals surface area contributed by atoms with Gasteiger partial charge in [0.25, 0.3) is 0 Å². The van der Waals surface area contributed by atoms with Crippen molar-refractivity contribution in [1.82, 2.24) is 0 Å². The van der Waals surface area contributed by atoms with Gasteiger partial charge in [0.1, 0.15) is 24.7 Å². The Balaban J connectivity index is 1.82. The number of hydrogen-bond acceptors (Lipinski definition) is 10. The van der Waals surface area contributed by atoms with E-state index in [9.17, 15) is 0 Å². The van der Waals surface area contributed by atoms with E-state index in [0.29, 0.717) is 106 Å². The molecule has 0 spiro atoms. The summed E-state index contributed by atoms with van der Waals surface area (Å²) in [6, 6.07) is 7.51. The van der Waals surface area contributed by atoms with Crippen LogP contribution in [0.4, 0.5) is 0 Å². The summed E-state index contributed by atoms with van der Waals surface area (Å²) >= 11 is 0. The van der Waals surface area contributed by atoms with Crippen LogP contribution in [0, 0.1) is 0 Å². The van der Waals surface area contributed by atoms with E-state index in [4.69, 9.17) is 47.4 Å². The quantitative estimate of drug-likeness (QED) is 0.117. The second kappa shape index (κ2) is 30.5. The third-order valence-electron chi connectivity index (χ3n) is 5.33. The van der Waals surface area contributed by atoms with Crippen molar-refractivity contribution in [1.29, 1.82) is 0 Å². The third kappa shape index (κ3) is 25.5. The molecule has 0 aromatic heterocycles. The van der Waals surface area contributed by atoms with Crippen LogP contribution in [0.3, 0.4) is 0 Å². The highest BCUT2D eigenvalue weighted by Gasteiger charge is 1.99.